The van der Waals surface area contributed by atoms with E-state index in [0.29, 0.717) is 18.6 Å². The lowest BCUT2D eigenvalue weighted by Gasteiger charge is -2.21. The van der Waals surface area contributed by atoms with Crippen molar-refractivity contribution >= 4 is 57.7 Å². The van der Waals surface area contributed by atoms with E-state index in [9.17, 15) is 19.5 Å². The van der Waals surface area contributed by atoms with E-state index in [1.54, 1.807) is 37.3 Å². The quantitative estimate of drug-likeness (QED) is 0.401. The van der Waals surface area contributed by atoms with E-state index in [2.05, 4.69) is 28.5 Å². The summed E-state index contributed by atoms with van der Waals surface area (Å²) in [5.41, 5.74) is -0.0504. The van der Waals surface area contributed by atoms with Crippen molar-refractivity contribution in [2.45, 2.75) is 31.1 Å². The summed E-state index contributed by atoms with van der Waals surface area (Å²) in [7, 11) is 0. The number of hydrogen-bond donors (Lipinski definition) is 2. The van der Waals surface area contributed by atoms with Crippen molar-refractivity contribution in [3.8, 4) is 0 Å². The number of aromatic carboxylic acids is 1. The number of benzene rings is 1. The van der Waals surface area contributed by atoms with Gasteiger partial charge in [0.2, 0.25) is 0 Å². The SMILES string of the molecule is C=CCN(CC=C)C(=O)C(Cl)Cl.CC(C)C1(C)N=C(c2nc3ccccc3cc2C(=O)O)NC1=O. The lowest BCUT2D eigenvalue weighted by molar-refractivity contribution is -0.128. The van der Waals surface area contributed by atoms with Crippen molar-refractivity contribution in [2.24, 2.45) is 10.9 Å². The van der Waals surface area contributed by atoms with Gasteiger partial charge in [0.15, 0.2) is 10.7 Å². The van der Waals surface area contributed by atoms with Crippen molar-refractivity contribution in [1.82, 2.24) is 15.2 Å². The van der Waals surface area contributed by atoms with Crippen LogP contribution in [-0.2, 0) is 9.59 Å². The van der Waals surface area contributed by atoms with Crippen LogP contribution in [-0.4, -0.2) is 62.1 Å². The summed E-state index contributed by atoms with van der Waals surface area (Å²) in [6, 6.07) is 8.79. The minimum Gasteiger partial charge on any atom is -0.478 e. The number of carbonyl (C=O) groups is 3. The normalized spacial score (nSPS) is 16.9. The number of fused-ring (bicyclic) bond motifs is 1. The smallest absolute Gasteiger partial charge is 0.338 e. The van der Waals surface area contributed by atoms with Gasteiger partial charge in [-0.05, 0) is 25.0 Å². The molecule has 8 nitrogen and oxygen atoms in total. The highest BCUT2D eigenvalue weighted by molar-refractivity contribution is 6.53. The number of nitrogens with zero attached hydrogens (tertiary/aromatic N) is 3. The third kappa shape index (κ3) is 6.46. The number of carboxylic acids is 1. The van der Waals surface area contributed by atoms with Crippen LogP contribution < -0.4 is 5.32 Å². The Morgan fingerprint density at radius 1 is 1.20 bits per heavy atom. The van der Waals surface area contributed by atoms with Gasteiger partial charge >= 0.3 is 5.97 Å². The maximum absolute atomic E-state index is 12.3. The van der Waals surface area contributed by atoms with Crippen LogP contribution in [0.4, 0.5) is 0 Å². The van der Waals surface area contributed by atoms with E-state index in [1.807, 2.05) is 26.0 Å². The van der Waals surface area contributed by atoms with E-state index >= 15 is 0 Å². The summed E-state index contributed by atoms with van der Waals surface area (Å²) < 4.78 is 0. The first-order valence-corrected chi connectivity index (χ1v) is 11.7. The molecule has 1 aromatic carbocycles. The molecular formula is C25H28Cl2N4O4. The summed E-state index contributed by atoms with van der Waals surface area (Å²) in [5, 5.41) is 12.9. The highest BCUT2D eigenvalue weighted by atomic mass is 35.5. The Morgan fingerprint density at radius 3 is 2.29 bits per heavy atom. The van der Waals surface area contributed by atoms with Gasteiger partial charge in [-0.2, -0.15) is 0 Å². The van der Waals surface area contributed by atoms with E-state index in [1.165, 1.54) is 4.90 Å². The lowest BCUT2D eigenvalue weighted by atomic mass is 9.89. The number of aliphatic imine (C=N–C) groups is 1. The Morgan fingerprint density at radius 2 is 1.80 bits per heavy atom. The van der Waals surface area contributed by atoms with Gasteiger partial charge in [-0.1, -0.05) is 67.4 Å². The molecule has 186 valence electrons. The number of pyridine rings is 1. The van der Waals surface area contributed by atoms with Crippen LogP contribution in [0, 0.1) is 5.92 Å². The highest BCUT2D eigenvalue weighted by Crippen LogP contribution is 2.28. The highest BCUT2D eigenvalue weighted by Gasteiger charge is 2.43. The molecule has 1 aromatic heterocycles. The maximum Gasteiger partial charge on any atom is 0.338 e. The van der Waals surface area contributed by atoms with E-state index < -0.39 is 16.3 Å². The van der Waals surface area contributed by atoms with Gasteiger partial charge in [-0.3, -0.25) is 9.59 Å². The number of alkyl halides is 2. The minimum absolute atomic E-state index is 0.0197. The number of amidine groups is 1. The Labute approximate surface area is 214 Å². The zero-order valence-electron chi connectivity index (χ0n) is 19.8. The Kier molecular flexibility index (Phi) is 9.56. The zero-order chi connectivity index (χ0) is 26.3. The second-order valence-corrected chi connectivity index (χ2v) is 9.32. The average Bonchev–Trinajstić information content (AvgIpc) is 3.13. The predicted molar refractivity (Wildman–Crippen MR) is 139 cm³/mol. The number of carboxylic acid groups (broad SMARTS) is 1. The molecule has 1 atom stereocenters. The van der Waals surface area contributed by atoms with E-state index in [0.717, 1.165) is 5.39 Å². The van der Waals surface area contributed by atoms with Crippen LogP contribution in [0.15, 0.2) is 60.6 Å². The van der Waals surface area contributed by atoms with Crippen molar-refractivity contribution in [2.75, 3.05) is 13.1 Å². The van der Waals surface area contributed by atoms with Gasteiger partial charge in [0.25, 0.3) is 11.8 Å². The summed E-state index contributed by atoms with van der Waals surface area (Å²) in [6.45, 7) is 13.4. The van der Waals surface area contributed by atoms with Crippen molar-refractivity contribution in [3.05, 3.63) is 66.9 Å². The van der Waals surface area contributed by atoms with Gasteiger partial charge in [0, 0.05) is 18.5 Å². The lowest BCUT2D eigenvalue weighted by Crippen LogP contribution is -2.41. The molecule has 0 radical (unpaired) electrons. The number of aromatic nitrogens is 1. The molecule has 0 fully saturated rings. The van der Waals surface area contributed by atoms with Crippen molar-refractivity contribution < 1.29 is 19.5 Å². The van der Waals surface area contributed by atoms with Crippen LogP contribution in [0.3, 0.4) is 0 Å². The Hall–Kier alpha value is -3.23. The van der Waals surface area contributed by atoms with E-state index in [4.69, 9.17) is 23.2 Å². The molecule has 35 heavy (non-hydrogen) atoms. The number of nitrogens with one attached hydrogen (secondary N) is 1. The van der Waals surface area contributed by atoms with Gasteiger partial charge in [0.05, 0.1) is 11.1 Å². The molecule has 2 heterocycles. The molecule has 2 N–H and O–H groups in total. The molecule has 0 bridgehead atoms. The topological polar surface area (TPSA) is 112 Å². The second kappa shape index (κ2) is 12.0. The fraction of sp³-hybridized carbons (Fsp3) is 0.320. The molecule has 0 spiro atoms. The van der Waals surface area contributed by atoms with Crippen molar-refractivity contribution in [3.63, 3.8) is 0 Å². The first-order valence-electron chi connectivity index (χ1n) is 10.8. The number of rotatable bonds is 8. The number of hydrogen-bond acceptors (Lipinski definition) is 5. The fourth-order valence-corrected chi connectivity index (χ4v) is 3.49. The second-order valence-electron chi connectivity index (χ2n) is 8.22. The van der Waals surface area contributed by atoms with Gasteiger partial charge in [0.1, 0.15) is 11.2 Å². The van der Waals surface area contributed by atoms with Crippen LogP contribution in [0.2, 0.25) is 0 Å². The molecule has 2 amide bonds. The van der Waals surface area contributed by atoms with Crippen LogP contribution in [0.25, 0.3) is 10.9 Å². The third-order valence-electron chi connectivity index (χ3n) is 5.54. The summed E-state index contributed by atoms with van der Waals surface area (Å²) in [6.07, 6.45) is 3.22. The zero-order valence-corrected chi connectivity index (χ0v) is 21.3. The third-order valence-corrected chi connectivity index (χ3v) is 5.91. The van der Waals surface area contributed by atoms with Gasteiger partial charge < -0.3 is 15.3 Å². The first kappa shape index (κ1) is 28.0. The molecule has 1 unspecified atom stereocenters. The minimum atomic E-state index is -1.10. The largest absolute Gasteiger partial charge is 0.478 e. The molecule has 0 aliphatic carbocycles. The number of halogens is 2. The predicted octanol–water partition coefficient (Wildman–Crippen LogP) is 4.21. The molecular weight excluding hydrogens is 491 g/mol. The molecule has 1 aliphatic rings. The number of para-hydroxylation sites is 1. The first-order chi connectivity index (χ1) is 16.5. The molecule has 10 heteroatoms. The molecule has 0 saturated carbocycles. The van der Waals surface area contributed by atoms with E-state index in [-0.39, 0.29) is 34.8 Å². The molecule has 0 saturated heterocycles. The van der Waals surface area contributed by atoms with Crippen LogP contribution in [0.1, 0.15) is 36.8 Å². The Balaban J connectivity index is 0.000000307. The Bertz CT molecular complexity index is 1170. The van der Waals surface area contributed by atoms with Crippen LogP contribution in [0.5, 0.6) is 0 Å². The standard InChI is InChI=1S/C17H17N3O3.C8H11Cl2NO/c1-9(2)17(3)16(23)19-14(20-17)13-11(15(21)22)8-10-6-4-5-7-12(10)18-13;1-3-5-11(6-4-2)8(12)7(9)10/h4-9H,1-3H3,(H,21,22)(H,19,20,23);3-4,7H,1-2,5-6H2. The average molecular weight is 519 g/mol. The number of carbonyl (C=O) groups excluding carboxylic acids is 2. The molecule has 1 aliphatic heterocycles. The van der Waals surface area contributed by atoms with Crippen LogP contribution >= 0.6 is 23.2 Å². The molecule has 2 aromatic rings. The van der Waals surface area contributed by atoms with Gasteiger partial charge in [-0.15, -0.1) is 13.2 Å². The summed E-state index contributed by atoms with van der Waals surface area (Å²) >= 11 is 10.8. The fourth-order valence-electron chi connectivity index (χ4n) is 3.21. The monoisotopic (exact) mass is 518 g/mol. The maximum atomic E-state index is 12.3. The summed E-state index contributed by atoms with van der Waals surface area (Å²) in [4.78, 5) is 44.4. The molecule has 3 rings (SSSR count). The van der Waals surface area contributed by atoms with Gasteiger partial charge in [-0.25, -0.2) is 14.8 Å². The summed E-state index contributed by atoms with van der Waals surface area (Å²) in [5.74, 6) is -1.47. The van der Waals surface area contributed by atoms with Crippen molar-refractivity contribution in [1.29, 1.82) is 0 Å². The number of amides is 2.